The number of ether oxygens (including phenoxy) is 1. The molecule has 0 amide bonds. The lowest BCUT2D eigenvalue weighted by Gasteiger charge is -2.30. The van der Waals surface area contributed by atoms with Crippen molar-refractivity contribution in [2.75, 3.05) is 4.90 Å². The molecule has 0 radical (unpaired) electrons. The molecule has 2 aromatic carbocycles. The number of hydrogen-bond acceptors (Lipinski definition) is 3. The minimum atomic E-state index is -0.0426. The predicted octanol–water partition coefficient (Wildman–Crippen LogP) is 6.97. The van der Waals surface area contributed by atoms with E-state index >= 15 is 0 Å². The highest BCUT2D eigenvalue weighted by Gasteiger charge is 2.42. The number of nitrogens with zero attached hydrogens (tertiary/aromatic N) is 3. The number of thiocarbonyl (C=S) groups is 1. The molecular weight excluding hydrogens is 452 g/mol. The number of pyridine rings is 1. The van der Waals surface area contributed by atoms with Gasteiger partial charge in [-0.2, -0.15) is 0 Å². The van der Waals surface area contributed by atoms with Crippen LogP contribution < -0.4 is 15.0 Å². The summed E-state index contributed by atoms with van der Waals surface area (Å²) in [6.07, 6.45) is 9.13. The van der Waals surface area contributed by atoms with E-state index in [0.29, 0.717) is 11.2 Å². The standard InChI is InChI=1S/C29H28N4OS/c35-29-31-27(25-13-6-7-19-30-25)28(26-14-8-20-32(26)21-9-4-5-10-21)33(29)22-15-17-24(18-16-22)34-23-11-2-1-3-12-23/h1-3,6-8,11-21,27-28H,4-5,9-10H2,(H,31,35)/t27-,28-/m1/s1. The Morgan fingerprint density at radius 2 is 1.57 bits per heavy atom. The number of benzene rings is 2. The monoisotopic (exact) mass is 480 g/mol. The molecule has 1 aliphatic heterocycles. The summed E-state index contributed by atoms with van der Waals surface area (Å²) >= 11 is 5.91. The lowest BCUT2D eigenvalue weighted by molar-refractivity contribution is 0.461. The van der Waals surface area contributed by atoms with E-state index in [1.165, 1.54) is 31.4 Å². The van der Waals surface area contributed by atoms with E-state index in [1.807, 2.05) is 60.8 Å². The number of nitrogens with one attached hydrogen (secondary N) is 1. The first-order valence-electron chi connectivity index (χ1n) is 12.3. The number of aromatic nitrogens is 2. The average molecular weight is 481 g/mol. The van der Waals surface area contributed by atoms with Crippen LogP contribution in [-0.4, -0.2) is 14.7 Å². The van der Waals surface area contributed by atoms with Gasteiger partial charge in [0, 0.05) is 29.8 Å². The van der Waals surface area contributed by atoms with Gasteiger partial charge in [0.05, 0.1) is 11.7 Å². The number of para-hydroxylation sites is 1. The minimum absolute atomic E-state index is 0.00566. The Balaban J connectivity index is 1.37. The maximum atomic E-state index is 6.02. The number of anilines is 1. The summed E-state index contributed by atoms with van der Waals surface area (Å²) in [6.45, 7) is 0. The Morgan fingerprint density at radius 3 is 2.31 bits per heavy atom. The first-order valence-corrected chi connectivity index (χ1v) is 12.7. The molecule has 2 atom stereocenters. The summed E-state index contributed by atoms with van der Waals surface area (Å²) in [5.74, 6) is 1.62. The van der Waals surface area contributed by atoms with E-state index in [-0.39, 0.29) is 12.1 Å². The van der Waals surface area contributed by atoms with Gasteiger partial charge < -0.3 is 19.5 Å². The van der Waals surface area contributed by atoms with E-state index < -0.39 is 0 Å². The Kier molecular flexibility index (Phi) is 5.96. The molecule has 2 aliphatic rings. The first-order chi connectivity index (χ1) is 17.3. The van der Waals surface area contributed by atoms with Crippen molar-refractivity contribution in [2.45, 2.75) is 43.8 Å². The zero-order valence-electron chi connectivity index (χ0n) is 19.5. The van der Waals surface area contributed by atoms with Gasteiger partial charge in [-0.3, -0.25) is 4.98 Å². The molecule has 176 valence electrons. The summed E-state index contributed by atoms with van der Waals surface area (Å²) in [7, 11) is 0. The summed E-state index contributed by atoms with van der Waals surface area (Å²) in [6, 6.07) is 29.0. The smallest absolute Gasteiger partial charge is 0.174 e. The van der Waals surface area contributed by atoms with Crippen molar-refractivity contribution in [3.8, 4) is 11.5 Å². The van der Waals surface area contributed by atoms with Gasteiger partial charge in [-0.05, 0) is 85.7 Å². The molecule has 1 aliphatic carbocycles. The molecule has 1 saturated heterocycles. The van der Waals surface area contributed by atoms with Gasteiger partial charge in [0.2, 0.25) is 0 Å². The third-order valence-corrected chi connectivity index (χ3v) is 7.34. The van der Waals surface area contributed by atoms with E-state index in [4.69, 9.17) is 21.9 Å². The molecular formula is C29H28N4OS. The van der Waals surface area contributed by atoms with Crippen LogP contribution in [0.2, 0.25) is 0 Å². The number of hydrogen-bond donors (Lipinski definition) is 1. The summed E-state index contributed by atoms with van der Waals surface area (Å²) in [5.41, 5.74) is 3.29. The van der Waals surface area contributed by atoms with Gasteiger partial charge in [-0.1, -0.05) is 37.1 Å². The van der Waals surface area contributed by atoms with Gasteiger partial charge in [0.15, 0.2) is 5.11 Å². The topological polar surface area (TPSA) is 42.3 Å². The van der Waals surface area contributed by atoms with Gasteiger partial charge in [0.1, 0.15) is 17.5 Å². The lowest BCUT2D eigenvalue weighted by atomic mass is 10.00. The van der Waals surface area contributed by atoms with E-state index in [2.05, 4.69) is 51.3 Å². The summed E-state index contributed by atoms with van der Waals surface area (Å²) in [4.78, 5) is 6.93. The molecule has 0 bridgehead atoms. The van der Waals surface area contributed by atoms with Crippen LogP contribution in [0.1, 0.15) is 55.2 Å². The highest BCUT2D eigenvalue weighted by Crippen LogP contribution is 2.44. The van der Waals surface area contributed by atoms with Crippen LogP contribution in [0.3, 0.4) is 0 Å². The highest BCUT2D eigenvalue weighted by atomic mass is 32.1. The first kappa shape index (κ1) is 21.9. The fourth-order valence-corrected chi connectivity index (χ4v) is 5.75. The molecule has 6 heteroatoms. The van der Waals surface area contributed by atoms with Crippen LogP contribution in [0.25, 0.3) is 0 Å². The van der Waals surface area contributed by atoms with Crippen molar-refractivity contribution >= 4 is 23.0 Å². The van der Waals surface area contributed by atoms with E-state index in [9.17, 15) is 0 Å². The average Bonchev–Trinajstić information content (AvgIpc) is 3.65. The molecule has 1 N–H and O–H groups in total. The lowest BCUT2D eigenvalue weighted by Crippen LogP contribution is -2.30. The molecule has 2 aromatic heterocycles. The van der Waals surface area contributed by atoms with Crippen LogP contribution in [0, 0.1) is 0 Å². The van der Waals surface area contributed by atoms with Crippen molar-refractivity contribution in [3.63, 3.8) is 0 Å². The second kappa shape index (κ2) is 9.55. The van der Waals surface area contributed by atoms with Gasteiger partial charge >= 0.3 is 0 Å². The van der Waals surface area contributed by atoms with Gasteiger partial charge in [0.25, 0.3) is 0 Å². The molecule has 1 saturated carbocycles. The third kappa shape index (κ3) is 4.30. The van der Waals surface area contributed by atoms with Crippen LogP contribution in [0.15, 0.2) is 97.3 Å². The zero-order valence-corrected chi connectivity index (χ0v) is 20.3. The van der Waals surface area contributed by atoms with Gasteiger partial charge in [-0.15, -0.1) is 0 Å². The fourth-order valence-electron chi connectivity index (χ4n) is 5.41. The Bertz CT molecular complexity index is 1280. The highest BCUT2D eigenvalue weighted by molar-refractivity contribution is 7.80. The maximum absolute atomic E-state index is 6.02. The minimum Gasteiger partial charge on any atom is -0.457 e. The zero-order chi connectivity index (χ0) is 23.6. The van der Waals surface area contributed by atoms with Crippen molar-refractivity contribution in [1.29, 1.82) is 0 Å². The molecule has 5 nitrogen and oxygen atoms in total. The maximum Gasteiger partial charge on any atom is 0.174 e. The second-order valence-electron chi connectivity index (χ2n) is 9.18. The van der Waals surface area contributed by atoms with Crippen molar-refractivity contribution in [3.05, 3.63) is 109 Å². The quantitative estimate of drug-likeness (QED) is 0.302. The molecule has 4 aromatic rings. The van der Waals surface area contributed by atoms with Crippen LogP contribution in [0.4, 0.5) is 5.69 Å². The van der Waals surface area contributed by atoms with Gasteiger partial charge in [-0.25, -0.2) is 0 Å². The largest absolute Gasteiger partial charge is 0.457 e. The SMILES string of the molecule is S=C1N[C@H](c2ccccn2)[C@@H](c2cccn2C2CCCC2)N1c1ccc(Oc2ccccc2)cc1. The molecule has 0 unspecified atom stereocenters. The Morgan fingerprint density at radius 1 is 0.829 bits per heavy atom. The van der Waals surface area contributed by atoms with Crippen LogP contribution in [-0.2, 0) is 0 Å². The third-order valence-electron chi connectivity index (χ3n) is 7.02. The molecule has 3 heterocycles. The molecule has 6 rings (SSSR count). The Labute approximate surface area is 211 Å². The fraction of sp³-hybridized carbons (Fsp3) is 0.241. The van der Waals surface area contributed by atoms with Crippen molar-refractivity contribution < 1.29 is 4.74 Å². The predicted molar refractivity (Wildman–Crippen MR) is 143 cm³/mol. The molecule has 0 spiro atoms. The Hall–Kier alpha value is -3.64. The second-order valence-corrected chi connectivity index (χ2v) is 9.57. The summed E-state index contributed by atoms with van der Waals surface area (Å²) in [5, 5.41) is 4.29. The number of rotatable bonds is 6. The van der Waals surface area contributed by atoms with E-state index in [1.54, 1.807) is 0 Å². The molecule has 2 fully saturated rings. The van der Waals surface area contributed by atoms with E-state index in [0.717, 1.165) is 22.9 Å². The van der Waals surface area contributed by atoms with Crippen LogP contribution >= 0.6 is 12.2 Å². The van der Waals surface area contributed by atoms with Crippen molar-refractivity contribution in [1.82, 2.24) is 14.9 Å². The summed E-state index contributed by atoms with van der Waals surface area (Å²) < 4.78 is 8.49. The van der Waals surface area contributed by atoms with Crippen molar-refractivity contribution in [2.24, 2.45) is 0 Å². The molecule has 35 heavy (non-hydrogen) atoms. The normalized spacial score (nSPS) is 20.2. The van der Waals surface area contributed by atoms with Crippen LogP contribution in [0.5, 0.6) is 11.5 Å².